The highest BCUT2D eigenvalue weighted by molar-refractivity contribution is 6.30. The number of alkyl halides is 2. The Balaban J connectivity index is 1.34. The second-order valence-corrected chi connectivity index (χ2v) is 15.2. The number of nitrogens with zero attached hydrogens (tertiary/aromatic N) is 5. The normalized spacial score (nSPS) is 15.5. The number of carbonyl (C=O) groups is 2. The Bertz CT molecular complexity index is 2400. The number of benzene rings is 4. The second-order valence-electron chi connectivity index (χ2n) is 14.8. The van der Waals surface area contributed by atoms with E-state index in [1.54, 1.807) is 54.0 Å². The Morgan fingerprint density at radius 2 is 1.71 bits per heavy atom. The number of anilines is 1. The number of amides is 2. The van der Waals surface area contributed by atoms with Crippen LogP contribution in [0.25, 0.3) is 16.1 Å². The van der Waals surface area contributed by atoms with Crippen molar-refractivity contribution in [3.05, 3.63) is 145 Å². The largest absolute Gasteiger partial charge is 0.496 e. The molecule has 1 aromatic heterocycles. The number of rotatable bonds is 10. The van der Waals surface area contributed by atoms with Gasteiger partial charge in [-0.25, -0.2) is 8.78 Å². The molecule has 0 N–H and O–H groups in total. The molecule has 4 aromatic carbocycles. The fourth-order valence-corrected chi connectivity index (χ4v) is 8.20. The summed E-state index contributed by atoms with van der Waals surface area (Å²) in [6.07, 6.45) is -2.23. The number of hydrogen-bond donors (Lipinski definition) is 0. The van der Waals surface area contributed by atoms with Crippen LogP contribution in [0.3, 0.4) is 0 Å². The highest BCUT2D eigenvalue weighted by Gasteiger charge is 2.35. The molecule has 2 aliphatic rings. The zero-order chi connectivity index (χ0) is 41.1. The number of morpholine rings is 1. The summed E-state index contributed by atoms with van der Waals surface area (Å²) < 4.78 is 42.7. The Labute approximate surface area is 343 Å². The first-order valence-electron chi connectivity index (χ1n) is 19.3. The Morgan fingerprint density at radius 1 is 0.983 bits per heavy atom. The van der Waals surface area contributed by atoms with Crippen LogP contribution in [0.4, 0.5) is 14.5 Å². The van der Waals surface area contributed by atoms with E-state index in [2.05, 4.69) is 21.9 Å². The molecule has 0 saturated carbocycles. The van der Waals surface area contributed by atoms with Gasteiger partial charge in [-0.15, -0.1) is 0 Å². The lowest BCUT2D eigenvalue weighted by atomic mass is 9.91. The van der Waals surface area contributed by atoms with Gasteiger partial charge < -0.3 is 23.8 Å². The summed E-state index contributed by atoms with van der Waals surface area (Å²) in [4.78, 5) is 39.8. The van der Waals surface area contributed by atoms with Crippen LogP contribution in [0.5, 0.6) is 5.75 Å². The molecule has 0 radical (unpaired) electrons. The van der Waals surface area contributed by atoms with Crippen molar-refractivity contribution in [3.63, 3.8) is 0 Å². The number of methoxy groups -OCH3 is 1. The van der Waals surface area contributed by atoms with Crippen molar-refractivity contribution in [1.82, 2.24) is 14.4 Å². The maximum atomic E-state index is 15.2. The van der Waals surface area contributed by atoms with Gasteiger partial charge >= 0.3 is 6.07 Å². The SMILES string of the molecule is C[N+]#Cc1cc(C(=O)N2Cc3ccccc3C[C@H]2CN2CCOCC2)c(-c2cc(C(=O)N(Cc3cccc(OC)c3C)c3ccc(Cl)cc3)c(C)n2C)cc1C(F)F. The van der Waals surface area contributed by atoms with Crippen molar-refractivity contribution in [2.45, 2.75) is 45.8 Å². The lowest BCUT2D eigenvalue weighted by Gasteiger charge is -2.40. The smallest absolute Gasteiger partial charge is 0.311 e. The van der Waals surface area contributed by atoms with E-state index in [1.165, 1.54) is 24.7 Å². The number of aromatic nitrogens is 1. The molecule has 2 aliphatic heterocycles. The first-order chi connectivity index (χ1) is 28.0. The summed E-state index contributed by atoms with van der Waals surface area (Å²) in [5, 5.41) is 0.525. The zero-order valence-electron chi connectivity index (χ0n) is 33.4. The monoisotopic (exact) mass is 806 g/mol. The summed E-state index contributed by atoms with van der Waals surface area (Å²) in [6.45, 7) is 7.72. The molecule has 7 rings (SSSR count). The number of halogens is 3. The molecule has 58 heavy (non-hydrogen) atoms. The molecule has 12 heteroatoms. The third-order valence-electron chi connectivity index (χ3n) is 11.4. The maximum absolute atomic E-state index is 15.2. The molecule has 300 valence electrons. The van der Waals surface area contributed by atoms with Gasteiger partial charge in [-0.2, -0.15) is 0 Å². The predicted octanol–water partition coefficient (Wildman–Crippen LogP) is 8.97. The second kappa shape index (κ2) is 17.5. The van der Waals surface area contributed by atoms with E-state index < -0.39 is 6.43 Å². The minimum absolute atomic E-state index is 0.0385. The van der Waals surface area contributed by atoms with Crippen molar-refractivity contribution in [2.24, 2.45) is 7.05 Å². The third-order valence-corrected chi connectivity index (χ3v) is 11.7. The summed E-state index contributed by atoms with van der Waals surface area (Å²) >= 11 is 6.27. The molecule has 5 aromatic rings. The average molecular weight is 807 g/mol. The predicted molar refractivity (Wildman–Crippen MR) is 224 cm³/mol. The van der Waals surface area contributed by atoms with Crippen molar-refractivity contribution in [2.75, 3.05) is 51.9 Å². The van der Waals surface area contributed by atoms with Crippen molar-refractivity contribution in [1.29, 1.82) is 0 Å². The van der Waals surface area contributed by atoms with Crippen LogP contribution in [0.1, 0.15) is 66.2 Å². The van der Waals surface area contributed by atoms with Gasteiger partial charge in [0.05, 0.1) is 38.0 Å². The number of fused-ring (bicyclic) bond motifs is 1. The van der Waals surface area contributed by atoms with Gasteiger partial charge in [0, 0.05) is 72.5 Å². The highest BCUT2D eigenvalue weighted by Crippen LogP contribution is 2.37. The zero-order valence-corrected chi connectivity index (χ0v) is 34.2. The number of carbonyl (C=O) groups excluding carboxylic acids is 2. The van der Waals surface area contributed by atoms with Gasteiger partial charge in [0.2, 0.25) is 0 Å². The minimum Gasteiger partial charge on any atom is -0.496 e. The Kier molecular flexibility index (Phi) is 12.3. The first-order valence-corrected chi connectivity index (χ1v) is 19.7. The molecule has 3 heterocycles. The molecule has 0 aliphatic carbocycles. The van der Waals surface area contributed by atoms with E-state index in [9.17, 15) is 13.6 Å². The van der Waals surface area contributed by atoms with Crippen LogP contribution in [-0.4, -0.2) is 79.2 Å². The van der Waals surface area contributed by atoms with Crippen molar-refractivity contribution in [3.8, 4) is 23.1 Å². The van der Waals surface area contributed by atoms with Gasteiger partial charge in [-0.05, 0) is 91.1 Å². The van der Waals surface area contributed by atoms with Crippen LogP contribution >= 0.6 is 11.6 Å². The fraction of sp³-hybridized carbons (Fsp3) is 0.326. The van der Waals surface area contributed by atoms with E-state index in [0.717, 1.165) is 29.8 Å². The lowest BCUT2D eigenvalue weighted by Crippen LogP contribution is -2.52. The van der Waals surface area contributed by atoms with Crippen LogP contribution in [-0.2, 0) is 31.3 Å². The van der Waals surface area contributed by atoms with Gasteiger partial charge in [0.15, 0.2) is 0 Å². The molecule has 1 fully saturated rings. The van der Waals surface area contributed by atoms with E-state index in [-0.39, 0.29) is 46.7 Å². The first kappa shape index (κ1) is 40.6. The van der Waals surface area contributed by atoms with E-state index >= 15 is 4.79 Å². The average Bonchev–Trinajstić information content (AvgIpc) is 3.53. The van der Waals surface area contributed by atoms with E-state index in [0.29, 0.717) is 66.1 Å². The molecule has 0 spiro atoms. The summed E-state index contributed by atoms with van der Waals surface area (Å²) in [6, 6.07) is 27.9. The highest BCUT2D eigenvalue weighted by atomic mass is 35.5. The maximum Gasteiger partial charge on any atom is 0.311 e. The quantitative estimate of drug-likeness (QED) is 0.141. The molecule has 2 amide bonds. The van der Waals surface area contributed by atoms with Crippen LogP contribution in [0.15, 0.2) is 84.9 Å². The van der Waals surface area contributed by atoms with Crippen LogP contribution in [0.2, 0.25) is 5.02 Å². The molecule has 0 bridgehead atoms. The van der Waals surface area contributed by atoms with E-state index in [1.807, 2.05) is 55.1 Å². The third kappa shape index (κ3) is 8.23. The van der Waals surface area contributed by atoms with Gasteiger partial charge in [0.25, 0.3) is 25.3 Å². The summed E-state index contributed by atoms with van der Waals surface area (Å²) in [5.74, 6) is 0.0855. The summed E-state index contributed by atoms with van der Waals surface area (Å²) in [5.41, 5.74) is 6.25. The Hall–Kier alpha value is -5.54. The van der Waals surface area contributed by atoms with Gasteiger partial charge in [-0.3, -0.25) is 14.5 Å². The van der Waals surface area contributed by atoms with Gasteiger partial charge in [0.1, 0.15) is 11.3 Å². The van der Waals surface area contributed by atoms with Crippen LogP contribution in [0, 0.1) is 19.9 Å². The van der Waals surface area contributed by atoms with Crippen molar-refractivity contribution >= 4 is 29.1 Å². The number of ether oxygens (including phenoxy) is 2. The van der Waals surface area contributed by atoms with Gasteiger partial charge in [-0.1, -0.05) is 52.8 Å². The molecule has 1 saturated heterocycles. The topological polar surface area (TPSA) is 71.6 Å². The van der Waals surface area contributed by atoms with Crippen LogP contribution < -0.4 is 9.64 Å². The Morgan fingerprint density at radius 3 is 2.40 bits per heavy atom. The molecule has 0 unspecified atom stereocenters. The molecular formula is C46H47ClF2N5O4+. The molecular weight excluding hydrogens is 760 g/mol. The minimum atomic E-state index is -2.88. The fourth-order valence-electron chi connectivity index (χ4n) is 8.07. The number of hydrogen-bond acceptors (Lipinski definition) is 5. The standard InChI is InChI=1S/C46H47ClF2N5O4/c1-29-32(11-8-12-43(29)57-5)26-53(36-15-13-35(47)14-16-36)45(55)38-24-42(51(4)30(38)2)40-23-39(44(48)49)34(25-50-3)22-41(40)46(56)54-27-33-10-7-6-9-31(33)21-37(54)28-52-17-19-58-20-18-52/h6-16,22-24,37,44H,17-21,26-28H2,1-5H3/q+1/t37-/m0/s1. The summed E-state index contributed by atoms with van der Waals surface area (Å²) in [7, 11) is 4.85. The van der Waals surface area contributed by atoms with E-state index in [4.69, 9.17) is 21.1 Å². The van der Waals surface area contributed by atoms with Crippen molar-refractivity contribution < 1.29 is 27.8 Å². The lowest BCUT2D eigenvalue weighted by molar-refractivity contribution is 0.0193. The molecule has 9 nitrogen and oxygen atoms in total. The molecule has 1 atom stereocenters.